The predicted octanol–water partition coefficient (Wildman–Crippen LogP) is 3.78. The molecular formula is C16H31NO2. The molecule has 0 aromatic rings. The summed E-state index contributed by atoms with van der Waals surface area (Å²) in [6.07, 6.45) is 5.38. The van der Waals surface area contributed by atoms with E-state index in [9.17, 15) is 4.79 Å². The first-order chi connectivity index (χ1) is 8.73. The van der Waals surface area contributed by atoms with E-state index >= 15 is 0 Å². The van der Waals surface area contributed by atoms with Crippen LogP contribution in [0.4, 0.5) is 0 Å². The van der Waals surface area contributed by atoms with Crippen molar-refractivity contribution in [1.29, 1.82) is 0 Å². The highest BCUT2D eigenvalue weighted by molar-refractivity contribution is 5.66. The third-order valence-electron chi connectivity index (χ3n) is 4.47. The first kappa shape index (κ1) is 16.5. The second-order valence-corrected chi connectivity index (χ2v) is 7.27. The van der Waals surface area contributed by atoms with Crippen molar-refractivity contribution in [2.75, 3.05) is 6.54 Å². The minimum Gasteiger partial charge on any atom is -0.481 e. The molecule has 0 saturated heterocycles. The Balaban J connectivity index is 2.84. The fraction of sp³-hybridized carbons (Fsp3) is 0.938. The normalized spacial score (nSPS) is 25.0. The van der Waals surface area contributed by atoms with Gasteiger partial charge in [-0.1, -0.05) is 26.7 Å². The van der Waals surface area contributed by atoms with Gasteiger partial charge in [0.2, 0.25) is 0 Å². The van der Waals surface area contributed by atoms with Crippen molar-refractivity contribution in [3.05, 3.63) is 0 Å². The molecule has 1 saturated carbocycles. The van der Waals surface area contributed by atoms with Crippen molar-refractivity contribution >= 4 is 5.97 Å². The molecule has 0 bridgehead atoms. The van der Waals surface area contributed by atoms with Crippen LogP contribution in [0.25, 0.3) is 0 Å². The van der Waals surface area contributed by atoms with Gasteiger partial charge < -0.3 is 5.11 Å². The van der Waals surface area contributed by atoms with Gasteiger partial charge in [0.05, 0.1) is 6.42 Å². The maximum Gasteiger partial charge on any atom is 0.304 e. The van der Waals surface area contributed by atoms with Gasteiger partial charge in [-0.15, -0.1) is 0 Å². The SMILES string of the molecule is CC(C)C1CCCCC1N(CCC(=O)O)C(C)(C)C. The number of hydrogen-bond acceptors (Lipinski definition) is 2. The number of carbonyl (C=O) groups is 1. The van der Waals surface area contributed by atoms with Crippen LogP contribution in [-0.2, 0) is 4.79 Å². The number of nitrogens with zero attached hydrogens (tertiary/aromatic N) is 1. The van der Waals surface area contributed by atoms with Crippen molar-refractivity contribution in [1.82, 2.24) is 4.90 Å². The summed E-state index contributed by atoms with van der Waals surface area (Å²) in [7, 11) is 0. The lowest BCUT2D eigenvalue weighted by Crippen LogP contribution is -2.53. The molecule has 0 radical (unpaired) electrons. The number of carboxylic acid groups (broad SMARTS) is 1. The monoisotopic (exact) mass is 269 g/mol. The Morgan fingerprint density at radius 2 is 1.84 bits per heavy atom. The largest absolute Gasteiger partial charge is 0.481 e. The number of carboxylic acids is 1. The van der Waals surface area contributed by atoms with E-state index in [1.54, 1.807) is 0 Å². The predicted molar refractivity (Wildman–Crippen MR) is 79.3 cm³/mol. The van der Waals surface area contributed by atoms with Crippen molar-refractivity contribution in [2.45, 2.75) is 78.3 Å². The number of rotatable bonds is 5. The van der Waals surface area contributed by atoms with Crippen molar-refractivity contribution in [3.8, 4) is 0 Å². The van der Waals surface area contributed by atoms with Crippen LogP contribution in [0, 0.1) is 11.8 Å². The van der Waals surface area contributed by atoms with Crippen LogP contribution in [0.5, 0.6) is 0 Å². The van der Waals surface area contributed by atoms with Gasteiger partial charge in [-0.2, -0.15) is 0 Å². The molecule has 0 aliphatic heterocycles. The van der Waals surface area contributed by atoms with E-state index in [2.05, 4.69) is 39.5 Å². The molecule has 0 heterocycles. The molecule has 19 heavy (non-hydrogen) atoms. The average Bonchev–Trinajstić information content (AvgIpc) is 2.27. The molecule has 2 unspecified atom stereocenters. The van der Waals surface area contributed by atoms with E-state index in [1.165, 1.54) is 25.7 Å². The van der Waals surface area contributed by atoms with Crippen molar-refractivity contribution in [3.63, 3.8) is 0 Å². The highest BCUT2D eigenvalue weighted by atomic mass is 16.4. The highest BCUT2D eigenvalue weighted by Gasteiger charge is 2.36. The molecular weight excluding hydrogens is 238 g/mol. The van der Waals surface area contributed by atoms with Crippen LogP contribution in [-0.4, -0.2) is 34.1 Å². The van der Waals surface area contributed by atoms with E-state index in [1.807, 2.05) is 0 Å². The minimum atomic E-state index is -0.689. The van der Waals surface area contributed by atoms with Gasteiger partial charge >= 0.3 is 5.97 Å². The fourth-order valence-corrected chi connectivity index (χ4v) is 3.52. The first-order valence-corrected chi connectivity index (χ1v) is 7.72. The zero-order chi connectivity index (χ0) is 14.6. The van der Waals surface area contributed by atoms with E-state index in [-0.39, 0.29) is 12.0 Å². The maximum absolute atomic E-state index is 10.9. The summed E-state index contributed by atoms with van der Waals surface area (Å²) in [6.45, 7) is 11.9. The zero-order valence-corrected chi connectivity index (χ0v) is 13.3. The van der Waals surface area contributed by atoms with Crippen molar-refractivity contribution in [2.24, 2.45) is 11.8 Å². The van der Waals surface area contributed by atoms with E-state index in [0.717, 1.165) is 0 Å². The second kappa shape index (κ2) is 6.74. The van der Waals surface area contributed by atoms with Crippen molar-refractivity contribution < 1.29 is 9.90 Å². The van der Waals surface area contributed by atoms with Crippen LogP contribution in [0.1, 0.15) is 66.7 Å². The molecule has 112 valence electrons. The molecule has 3 nitrogen and oxygen atoms in total. The maximum atomic E-state index is 10.9. The van der Waals surface area contributed by atoms with Gasteiger partial charge in [-0.25, -0.2) is 0 Å². The third-order valence-corrected chi connectivity index (χ3v) is 4.47. The van der Waals surface area contributed by atoms with E-state index in [4.69, 9.17) is 5.11 Å². The zero-order valence-electron chi connectivity index (χ0n) is 13.3. The first-order valence-electron chi connectivity index (χ1n) is 7.72. The summed E-state index contributed by atoms with van der Waals surface area (Å²) < 4.78 is 0. The lowest BCUT2D eigenvalue weighted by molar-refractivity contribution is -0.138. The fourth-order valence-electron chi connectivity index (χ4n) is 3.52. The molecule has 1 rings (SSSR count). The molecule has 0 aromatic heterocycles. The molecule has 1 aliphatic carbocycles. The van der Waals surface area contributed by atoms with E-state index < -0.39 is 5.97 Å². The van der Waals surface area contributed by atoms with Crippen LogP contribution >= 0.6 is 0 Å². The summed E-state index contributed by atoms with van der Waals surface area (Å²) in [4.78, 5) is 13.4. The molecule has 0 aromatic carbocycles. The van der Waals surface area contributed by atoms with Crippen LogP contribution in [0.15, 0.2) is 0 Å². The molecule has 3 heteroatoms. The number of aliphatic carboxylic acids is 1. The molecule has 0 spiro atoms. The highest BCUT2D eigenvalue weighted by Crippen LogP contribution is 2.36. The van der Waals surface area contributed by atoms with Gasteiger partial charge in [0.1, 0.15) is 0 Å². The Morgan fingerprint density at radius 3 is 2.32 bits per heavy atom. The van der Waals surface area contributed by atoms with Crippen LogP contribution in [0.2, 0.25) is 0 Å². The average molecular weight is 269 g/mol. The lowest BCUT2D eigenvalue weighted by atomic mass is 9.76. The van der Waals surface area contributed by atoms with Crippen LogP contribution in [0.3, 0.4) is 0 Å². The summed E-state index contributed by atoms with van der Waals surface area (Å²) in [5.41, 5.74) is 0.0462. The molecule has 1 fully saturated rings. The minimum absolute atomic E-state index is 0.0462. The molecule has 1 aliphatic rings. The van der Waals surface area contributed by atoms with Gasteiger partial charge in [0.15, 0.2) is 0 Å². The smallest absolute Gasteiger partial charge is 0.304 e. The summed E-state index contributed by atoms with van der Waals surface area (Å²) in [6, 6.07) is 0.549. The Morgan fingerprint density at radius 1 is 1.26 bits per heavy atom. The Kier molecular flexibility index (Phi) is 5.84. The second-order valence-electron chi connectivity index (χ2n) is 7.27. The Bertz CT molecular complexity index is 294. The third kappa shape index (κ3) is 4.79. The summed E-state index contributed by atoms with van der Waals surface area (Å²) in [5, 5.41) is 8.97. The summed E-state index contributed by atoms with van der Waals surface area (Å²) in [5.74, 6) is 0.702. The quantitative estimate of drug-likeness (QED) is 0.825. The molecule has 1 N–H and O–H groups in total. The lowest BCUT2D eigenvalue weighted by Gasteiger charge is -2.48. The van der Waals surface area contributed by atoms with Gasteiger partial charge in [-0.3, -0.25) is 9.69 Å². The Hall–Kier alpha value is -0.570. The summed E-state index contributed by atoms with van der Waals surface area (Å²) >= 11 is 0. The standard InChI is InChI=1S/C16H31NO2/c1-12(2)13-8-6-7-9-14(13)17(16(3,4)5)11-10-15(18)19/h12-14H,6-11H2,1-5H3,(H,18,19). The van der Waals surface area contributed by atoms with Crippen LogP contribution < -0.4 is 0 Å². The van der Waals surface area contributed by atoms with Gasteiger partial charge in [0, 0.05) is 18.1 Å². The number of hydrogen-bond donors (Lipinski definition) is 1. The topological polar surface area (TPSA) is 40.5 Å². The molecule has 2 atom stereocenters. The van der Waals surface area contributed by atoms with Gasteiger partial charge in [0.25, 0.3) is 0 Å². The van der Waals surface area contributed by atoms with E-state index in [0.29, 0.717) is 24.4 Å². The van der Waals surface area contributed by atoms with Gasteiger partial charge in [-0.05, 0) is 45.4 Å². The molecule has 0 amide bonds. The Labute approximate surface area is 118 Å².